The second kappa shape index (κ2) is 11.1. The Kier molecular flexibility index (Phi) is 8.44. The van der Waals surface area contributed by atoms with Gasteiger partial charge in [0.05, 0.1) is 5.41 Å². The molecule has 1 fully saturated rings. The fraction of sp³-hybridized carbons (Fsp3) is 0.385. The van der Waals surface area contributed by atoms with Crippen LogP contribution in [0.3, 0.4) is 0 Å². The highest BCUT2D eigenvalue weighted by molar-refractivity contribution is 6.02. The van der Waals surface area contributed by atoms with E-state index in [0.717, 1.165) is 5.56 Å². The third-order valence-electron chi connectivity index (χ3n) is 6.92. The highest BCUT2D eigenvalue weighted by Gasteiger charge is 2.49. The van der Waals surface area contributed by atoms with E-state index < -0.39 is 70.8 Å². The molecule has 39 heavy (non-hydrogen) atoms. The Morgan fingerprint density at radius 3 is 1.90 bits per heavy atom. The largest absolute Gasteiger partial charge is 0.418 e. The first-order valence-electron chi connectivity index (χ1n) is 11.6. The van der Waals surface area contributed by atoms with Gasteiger partial charge in [0, 0.05) is 24.1 Å². The van der Waals surface area contributed by atoms with Gasteiger partial charge in [-0.25, -0.2) is 18.0 Å². The molecule has 2 aromatic rings. The molecule has 0 radical (unpaired) electrons. The Labute approximate surface area is 220 Å². The number of amides is 3. The first kappa shape index (κ1) is 29.7. The van der Waals surface area contributed by atoms with Crippen molar-refractivity contribution in [2.24, 2.45) is 5.41 Å². The lowest BCUT2D eigenvalue weighted by atomic mass is 9.63. The number of anilines is 1. The predicted molar refractivity (Wildman–Crippen MR) is 126 cm³/mol. The van der Waals surface area contributed by atoms with Crippen molar-refractivity contribution in [1.29, 1.82) is 0 Å². The van der Waals surface area contributed by atoms with Crippen molar-refractivity contribution in [2.45, 2.75) is 39.5 Å². The number of benzene rings is 2. The van der Waals surface area contributed by atoms with Crippen LogP contribution >= 0.6 is 0 Å². The lowest BCUT2D eigenvalue weighted by molar-refractivity contribution is -0.160. The van der Waals surface area contributed by atoms with Crippen LogP contribution in [-0.2, 0) is 29.3 Å². The number of β-lactam (4-membered cyclic amide) rings is 1. The first-order valence-corrected chi connectivity index (χ1v) is 11.6. The van der Waals surface area contributed by atoms with Crippen LogP contribution in [0.5, 0.6) is 5.75 Å². The molecule has 1 aliphatic heterocycles. The Hall–Kier alpha value is -3.87. The lowest BCUT2D eigenvalue weighted by Gasteiger charge is -2.45. The Bertz CT molecular complexity index is 1300. The molecule has 0 spiro atoms. The number of nitrogens with one attached hydrogen (secondary N) is 1. The fourth-order valence-electron chi connectivity index (χ4n) is 3.71. The van der Waals surface area contributed by atoms with Gasteiger partial charge in [0.15, 0.2) is 0 Å². The molecule has 3 rings (SSSR count). The molecular weight excluding hydrogens is 531 g/mol. The second-order valence-corrected chi connectivity index (χ2v) is 9.84. The smallest absolute Gasteiger partial charge is 0.337 e. The van der Waals surface area contributed by atoms with Crippen molar-refractivity contribution in [2.75, 3.05) is 25.1 Å². The van der Waals surface area contributed by atoms with Gasteiger partial charge in [-0.15, -0.1) is 0 Å². The number of halogens is 5. The van der Waals surface area contributed by atoms with E-state index in [1.165, 1.54) is 4.90 Å². The van der Waals surface area contributed by atoms with Crippen LogP contribution in [0.25, 0.3) is 0 Å². The topological polar surface area (TPSA) is 102 Å². The molecule has 0 aromatic heterocycles. The third-order valence-corrected chi connectivity index (χ3v) is 6.92. The van der Waals surface area contributed by atoms with Crippen molar-refractivity contribution in [1.82, 2.24) is 4.90 Å². The quantitative estimate of drug-likeness (QED) is 0.125. The summed E-state index contributed by atoms with van der Waals surface area (Å²) in [4.78, 5) is 49.8. The predicted octanol–water partition coefficient (Wildman–Crippen LogP) is 4.01. The van der Waals surface area contributed by atoms with Gasteiger partial charge in [0.25, 0.3) is 0 Å². The minimum absolute atomic E-state index is 0.213. The fourth-order valence-corrected chi connectivity index (χ4v) is 3.71. The van der Waals surface area contributed by atoms with E-state index in [1.54, 1.807) is 38.1 Å². The minimum atomic E-state index is -2.41. The summed E-state index contributed by atoms with van der Waals surface area (Å²) < 4.78 is 75.6. The normalized spacial score (nSPS) is 13.7. The van der Waals surface area contributed by atoms with E-state index >= 15 is 0 Å². The zero-order chi connectivity index (χ0) is 29.3. The van der Waals surface area contributed by atoms with Gasteiger partial charge in [-0.05, 0) is 17.7 Å². The van der Waals surface area contributed by atoms with E-state index in [9.17, 15) is 41.1 Å². The van der Waals surface area contributed by atoms with Gasteiger partial charge in [0.1, 0.15) is 13.2 Å². The average molecular weight is 556 g/mol. The Morgan fingerprint density at radius 1 is 0.872 bits per heavy atom. The van der Waals surface area contributed by atoms with Gasteiger partial charge >= 0.3 is 5.97 Å². The molecule has 1 saturated heterocycles. The number of nitrogens with zero attached hydrogens (tertiary/aromatic N) is 1. The molecule has 1 N–H and O–H groups in total. The van der Waals surface area contributed by atoms with Gasteiger partial charge in [0.2, 0.25) is 52.6 Å². The zero-order valence-electron chi connectivity index (χ0n) is 21.4. The number of ether oxygens (including phenoxy) is 2. The van der Waals surface area contributed by atoms with Crippen LogP contribution < -0.4 is 10.1 Å². The van der Waals surface area contributed by atoms with Crippen molar-refractivity contribution < 1.29 is 50.6 Å². The van der Waals surface area contributed by atoms with E-state index in [1.807, 2.05) is 13.8 Å². The van der Waals surface area contributed by atoms with Crippen LogP contribution in [0, 0.1) is 34.5 Å². The molecule has 0 unspecified atom stereocenters. The van der Waals surface area contributed by atoms with Gasteiger partial charge in [-0.3, -0.25) is 19.3 Å². The van der Waals surface area contributed by atoms with E-state index in [4.69, 9.17) is 4.74 Å². The van der Waals surface area contributed by atoms with Crippen LogP contribution in [0.15, 0.2) is 24.3 Å². The van der Waals surface area contributed by atoms with Crippen molar-refractivity contribution >= 4 is 29.4 Å². The molecule has 0 bridgehead atoms. The molecule has 1 heterocycles. The summed E-state index contributed by atoms with van der Waals surface area (Å²) in [5, 5.41) is 2.49. The van der Waals surface area contributed by atoms with E-state index in [0.29, 0.717) is 18.7 Å². The Balaban J connectivity index is 1.54. The third kappa shape index (κ3) is 5.77. The van der Waals surface area contributed by atoms with E-state index in [-0.39, 0.29) is 11.8 Å². The summed E-state index contributed by atoms with van der Waals surface area (Å²) in [6.07, 6.45) is 0.340. The molecule has 2 aromatic carbocycles. The molecular formula is C26H25F5N2O6. The number of rotatable bonds is 9. The number of hydrogen-bond donors (Lipinski definition) is 1. The van der Waals surface area contributed by atoms with Crippen LogP contribution in [0.2, 0.25) is 0 Å². The summed E-state index contributed by atoms with van der Waals surface area (Å²) in [5.74, 6) is -16.1. The molecule has 0 saturated carbocycles. The summed E-state index contributed by atoms with van der Waals surface area (Å²) in [5.41, 5.74) is -0.511. The molecule has 13 heteroatoms. The number of imide groups is 1. The summed E-state index contributed by atoms with van der Waals surface area (Å²) in [6.45, 7) is 5.90. The zero-order valence-corrected chi connectivity index (χ0v) is 21.4. The van der Waals surface area contributed by atoms with Crippen molar-refractivity contribution in [3.8, 4) is 5.75 Å². The summed E-state index contributed by atoms with van der Waals surface area (Å²) in [6, 6.07) is 6.54. The molecule has 1 aliphatic rings. The molecule has 0 aliphatic carbocycles. The molecule has 0 atom stereocenters. The van der Waals surface area contributed by atoms with Gasteiger partial charge < -0.3 is 14.8 Å². The van der Waals surface area contributed by atoms with E-state index in [2.05, 4.69) is 10.1 Å². The lowest BCUT2D eigenvalue weighted by Crippen LogP contribution is -2.57. The second-order valence-electron chi connectivity index (χ2n) is 9.84. The molecule has 210 valence electrons. The van der Waals surface area contributed by atoms with Crippen LogP contribution in [-0.4, -0.2) is 48.3 Å². The highest BCUT2D eigenvalue weighted by Crippen LogP contribution is 2.43. The number of carbonyl (C=O) groups excluding carboxylic acids is 4. The van der Waals surface area contributed by atoms with Crippen LogP contribution in [0.4, 0.5) is 27.6 Å². The maximum Gasteiger partial charge on any atom is 0.337 e. The average Bonchev–Trinajstić information content (AvgIpc) is 2.88. The monoisotopic (exact) mass is 556 g/mol. The van der Waals surface area contributed by atoms with Crippen molar-refractivity contribution in [3.63, 3.8) is 0 Å². The molecule has 8 nitrogen and oxygen atoms in total. The summed E-state index contributed by atoms with van der Waals surface area (Å²) >= 11 is 0. The number of likely N-dealkylation sites (tertiary alicyclic amines) is 1. The maximum atomic E-state index is 13.6. The Morgan fingerprint density at radius 2 is 1.41 bits per heavy atom. The van der Waals surface area contributed by atoms with Crippen LogP contribution in [0.1, 0.15) is 39.7 Å². The highest BCUT2D eigenvalue weighted by atomic mass is 19.2. The summed E-state index contributed by atoms with van der Waals surface area (Å²) in [7, 11) is 0. The number of hydrogen-bond acceptors (Lipinski definition) is 6. The maximum absolute atomic E-state index is 13.6. The standard InChI is InChI=1S/C26H25F5N2O6/c1-25(2,26(3,4)24(37)33-10-9-16(33)35)13-5-7-14(8-6-13)32-15(34)11-38-12-17(36)39-23-21(30)19(28)18(27)20(29)22(23)31/h5-8H,9-12H2,1-4H3,(H,32,34). The minimum Gasteiger partial charge on any atom is -0.418 e. The van der Waals surface area contributed by atoms with Crippen molar-refractivity contribution in [3.05, 3.63) is 58.9 Å². The number of carbonyl (C=O) groups is 4. The van der Waals surface area contributed by atoms with Gasteiger partial charge in [-0.1, -0.05) is 39.8 Å². The molecule has 3 amide bonds. The first-order chi connectivity index (χ1) is 18.1. The van der Waals surface area contributed by atoms with Gasteiger partial charge in [-0.2, -0.15) is 8.78 Å². The SMILES string of the molecule is CC(C)(C(=O)N1CCC1=O)C(C)(C)c1ccc(NC(=O)COCC(=O)Oc2c(F)c(F)c(F)c(F)c2F)cc1. The number of esters is 1.